The summed E-state index contributed by atoms with van der Waals surface area (Å²) >= 11 is 0. The standard InChI is InChI=1S/C11H15NO3S/c1-8(2)12-7-10(13)9-5-3-4-6-11(9)16(12,14)15/h3-6,8,10,13H,7H2,1-2H3/t10-/m1/s1. The first-order valence-corrected chi connectivity index (χ1v) is 6.67. The molecule has 0 aromatic heterocycles. The molecule has 16 heavy (non-hydrogen) atoms. The van der Waals surface area contributed by atoms with Gasteiger partial charge in [-0.15, -0.1) is 0 Å². The maximum absolute atomic E-state index is 12.2. The van der Waals surface area contributed by atoms with E-state index in [4.69, 9.17) is 0 Å². The number of benzene rings is 1. The van der Waals surface area contributed by atoms with Gasteiger partial charge in [-0.25, -0.2) is 8.42 Å². The average Bonchev–Trinajstić information content (AvgIpc) is 2.23. The van der Waals surface area contributed by atoms with Crippen molar-refractivity contribution in [2.75, 3.05) is 6.54 Å². The van der Waals surface area contributed by atoms with Crippen LogP contribution in [0.4, 0.5) is 0 Å². The number of β-amino-alcohol motifs (C(OH)–C–C–N with tert-alkyl or cyclic N) is 1. The second-order valence-corrected chi connectivity index (χ2v) is 6.08. The predicted molar refractivity (Wildman–Crippen MR) is 60.4 cm³/mol. The molecule has 0 aliphatic carbocycles. The van der Waals surface area contributed by atoms with E-state index in [-0.39, 0.29) is 17.5 Å². The molecule has 1 aromatic rings. The van der Waals surface area contributed by atoms with E-state index in [0.29, 0.717) is 5.56 Å². The van der Waals surface area contributed by atoms with Crippen molar-refractivity contribution in [3.8, 4) is 0 Å². The maximum Gasteiger partial charge on any atom is 0.243 e. The van der Waals surface area contributed by atoms with Crippen LogP contribution in [0.3, 0.4) is 0 Å². The van der Waals surface area contributed by atoms with Crippen molar-refractivity contribution in [2.24, 2.45) is 0 Å². The Balaban J connectivity index is 2.61. The van der Waals surface area contributed by atoms with Crippen LogP contribution in [0.1, 0.15) is 25.5 Å². The van der Waals surface area contributed by atoms with E-state index in [2.05, 4.69) is 0 Å². The lowest BCUT2D eigenvalue weighted by molar-refractivity contribution is 0.128. The van der Waals surface area contributed by atoms with Crippen LogP contribution >= 0.6 is 0 Å². The van der Waals surface area contributed by atoms with E-state index in [1.807, 2.05) is 0 Å². The summed E-state index contributed by atoms with van der Waals surface area (Å²) in [5, 5.41) is 9.91. The number of aliphatic hydroxyl groups excluding tert-OH is 1. The van der Waals surface area contributed by atoms with Crippen LogP contribution in [0.5, 0.6) is 0 Å². The Bertz CT molecular complexity index is 496. The van der Waals surface area contributed by atoms with Gasteiger partial charge in [0, 0.05) is 18.2 Å². The first-order valence-electron chi connectivity index (χ1n) is 5.23. The molecule has 1 aliphatic rings. The highest BCUT2D eigenvalue weighted by Crippen LogP contribution is 2.32. The lowest BCUT2D eigenvalue weighted by atomic mass is 10.1. The molecule has 1 aliphatic heterocycles. The van der Waals surface area contributed by atoms with Gasteiger partial charge in [-0.05, 0) is 19.9 Å². The Morgan fingerprint density at radius 2 is 2.00 bits per heavy atom. The summed E-state index contributed by atoms with van der Waals surface area (Å²) in [7, 11) is -3.44. The summed E-state index contributed by atoms with van der Waals surface area (Å²) in [6.45, 7) is 3.74. The van der Waals surface area contributed by atoms with Gasteiger partial charge in [0.15, 0.2) is 0 Å². The monoisotopic (exact) mass is 241 g/mol. The van der Waals surface area contributed by atoms with Gasteiger partial charge in [-0.1, -0.05) is 18.2 Å². The van der Waals surface area contributed by atoms with Gasteiger partial charge < -0.3 is 5.11 Å². The summed E-state index contributed by atoms with van der Waals surface area (Å²) < 4.78 is 25.7. The van der Waals surface area contributed by atoms with Crippen LogP contribution in [-0.4, -0.2) is 30.4 Å². The molecule has 4 nitrogen and oxygen atoms in total. The fourth-order valence-corrected chi connectivity index (χ4v) is 3.87. The molecule has 0 unspecified atom stereocenters. The first kappa shape index (κ1) is 11.6. The molecular formula is C11H15NO3S. The largest absolute Gasteiger partial charge is 0.387 e. The number of hydrogen-bond acceptors (Lipinski definition) is 3. The molecule has 0 bridgehead atoms. The lowest BCUT2D eigenvalue weighted by Gasteiger charge is -2.33. The third kappa shape index (κ3) is 1.65. The van der Waals surface area contributed by atoms with Gasteiger partial charge in [0.2, 0.25) is 10.0 Å². The van der Waals surface area contributed by atoms with E-state index in [0.717, 1.165) is 0 Å². The third-order valence-electron chi connectivity index (χ3n) is 2.79. The van der Waals surface area contributed by atoms with Crippen molar-refractivity contribution >= 4 is 10.0 Å². The topological polar surface area (TPSA) is 57.6 Å². The summed E-state index contributed by atoms with van der Waals surface area (Å²) in [6, 6.07) is 6.47. The number of aliphatic hydroxyl groups is 1. The molecule has 1 heterocycles. The minimum absolute atomic E-state index is 0.136. The highest BCUT2D eigenvalue weighted by molar-refractivity contribution is 7.89. The van der Waals surface area contributed by atoms with Gasteiger partial charge in [0.05, 0.1) is 11.0 Å². The summed E-state index contributed by atoms with van der Waals surface area (Å²) in [5.41, 5.74) is 0.499. The fraction of sp³-hybridized carbons (Fsp3) is 0.455. The zero-order valence-corrected chi connectivity index (χ0v) is 10.1. The molecule has 0 fully saturated rings. The third-order valence-corrected chi connectivity index (χ3v) is 4.91. The Morgan fingerprint density at radius 1 is 1.38 bits per heavy atom. The Hall–Kier alpha value is -0.910. The highest BCUT2D eigenvalue weighted by Gasteiger charge is 2.36. The predicted octanol–water partition coefficient (Wildman–Crippen LogP) is 1.13. The molecule has 1 atom stereocenters. The van der Waals surface area contributed by atoms with Gasteiger partial charge in [0.1, 0.15) is 0 Å². The molecule has 1 N–H and O–H groups in total. The van der Waals surface area contributed by atoms with Gasteiger partial charge in [-0.3, -0.25) is 0 Å². The number of nitrogens with zero attached hydrogens (tertiary/aromatic N) is 1. The zero-order chi connectivity index (χ0) is 11.9. The van der Waals surface area contributed by atoms with Crippen molar-refractivity contribution in [1.29, 1.82) is 0 Å². The SMILES string of the molecule is CC(C)N1C[C@@H](O)c2ccccc2S1(=O)=O. The summed E-state index contributed by atoms with van der Waals surface area (Å²) in [6.07, 6.45) is -0.734. The van der Waals surface area contributed by atoms with Crippen LogP contribution in [0.15, 0.2) is 29.2 Å². The van der Waals surface area contributed by atoms with E-state index in [1.165, 1.54) is 4.31 Å². The fourth-order valence-electron chi connectivity index (χ4n) is 1.97. The van der Waals surface area contributed by atoms with E-state index in [9.17, 15) is 13.5 Å². The first-order chi connectivity index (χ1) is 7.44. The van der Waals surface area contributed by atoms with Gasteiger partial charge >= 0.3 is 0 Å². The normalized spacial score (nSPS) is 24.4. The molecule has 2 rings (SSSR count). The van der Waals surface area contributed by atoms with Crippen molar-refractivity contribution in [3.05, 3.63) is 29.8 Å². The summed E-state index contributed by atoms with van der Waals surface area (Å²) in [5.74, 6) is 0. The van der Waals surface area contributed by atoms with Crippen LogP contribution in [-0.2, 0) is 10.0 Å². The quantitative estimate of drug-likeness (QED) is 0.802. The minimum Gasteiger partial charge on any atom is -0.387 e. The Kier molecular flexibility index (Phi) is 2.77. The van der Waals surface area contributed by atoms with E-state index >= 15 is 0 Å². The second kappa shape index (κ2) is 3.84. The molecule has 5 heteroatoms. The Morgan fingerprint density at radius 3 is 2.62 bits per heavy atom. The number of rotatable bonds is 1. The van der Waals surface area contributed by atoms with Crippen molar-refractivity contribution < 1.29 is 13.5 Å². The van der Waals surface area contributed by atoms with Crippen molar-refractivity contribution in [3.63, 3.8) is 0 Å². The number of fused-ring (bicyclic) bond motifs is 1. The molecule has 88 valence electrons. The molecule has 0 saturated heterocycles. The van der Waals surface area contributed by atoms with Gasteiger partial charge in [0.25, 0.3) is 0 Å². The highest BCUT2D eigenvalue weighted by atomic mass is 32.2. The molecule has 0 radical (unpaired) electrons. The maximum atomic E-state index is 12.2. The second-order valence-electron chi connectivity index (χ2n) is 4.22. The van der Waals surface area contributed by atoms with Crippen LogP contribution in [0.2, 0.25) is 0 Å². The average molecular weight is 241 g/mol. The Labute approximate surface area is 95.6 Å². The zero-order valence-electron chi connectivity index (χ0n) is 9.29. The van der Waals surface area contributed by atoms with Crippen molar-refractivity contribution in [1.82, 2.24) is 4.31 Å². The molecule has 0 spiro atoms. The van der Waals surface area contributed by atoms with Gasteiger partial charge in [-0.2, -0.15) is 4.31 Å². The summed E-state index contributed by atoms with van der Waals surface area (Å²) in [4.78, 5) is 0.224. The number of sulfonamides is 1. The number of hydrogen-bond donors (Lipinski definition) is 1. The van der Waals surface area contributed by atoms with E-state index < -0.39 is 16.1 Å². The molecule has 0 saturated carbocycles. The lowest BCUT2D eigenvalue weighted by Crippen LogP contribution is -2.43. The molecular weight excluding hydrogens is 226 g/mol. The van der Waals surface area contributed by atoms with Crippen molar-refractivity contribution in [2.45, 2.75) is 30.9 Å². The van der Waals surface area contributed by atoms with E-state index in [1.54, 1.807) is 38.1 Å². The van der Waals surface area contributed by atoms with Crippen LogP contribution < -0.4 is 0 Å². The van der Waals surface area contributed by atoms with Crippen LogP contribution in [0, 0.1) is 0 Å². The smallest absolute Gasteiger partial charge is 0.243 e. The molecule has 1 aromatic carbocycles. The molecule has 0 amide bonds. The van der Waals surface area contributed by atoms with Crippen LogP contribution in [0.25, 0.3) is 0 Å². The minimum atomic E-state index is -3.44.